The monoisotopic (exact) mass is 505 g/mol. The van der Waals surface area contributed by atoms with Gasteiger partial charge in [0.2, 0.25) is 11.8 Å². The summed E-state index contributed by atoms with van der Waals surface area (Å²) in [5.41, 5.74) is 3.19. The molecule has 0 atom stereocenters. The zero-order valence-corrected chi connectivity index (χ0v) is 21.3. The van der Waals surface area contributed by atoms with Crippen LogP contribution in [0, 0.1) is 13.8 Å². The van der Waals surface area contributed by atoms with E-state index in [-0.39, 0.29) is 17.2 Å². The van der Waals surface area contributed by atoms with Crippen molar-refractivity contribution in [3.63, 3.8) is 0 Å². The van der Waals surface area contributed by atoms with Crippen molar-refractivity contribution in [1.82, 2.24) is 20.0 Å². The van der Waals surface area contributed by atoms with Gasteiger partial charge in [0, 0.05) is 17.4 Å². The third-order valence-corrected chi connectivity index (χ3v) is 7.62. The van der Waals surface area contributed by atoms with Crippen molar-refractivity contribution in [2.75, 3.05) is 5.32 Å². The second-order valence-electron chi connectivity index (χ2n) is 8.66. The Morgan fingerprint density at radius 3 is 2.22 bits per heavy atom. The predicted molar refractivity (Wildman–Crippen MR) is 136 cm³/mol. The maximum Gasteiger partial charge on any atom is 0.238 e. The van der Waals surface area contributed by atoms with Crippen LogP contribution in [-0.4, -0.2) is 39.6 Å². The standard InChI is InChI=1S/C26H27N5O4S/c1-17(2)36(33,34)23-11-5-20(6-12-23)16-25(32)27-21-7-9-22(10-8-21)35-26-14-13-24(28-29-26)31-19(4)15-18(3)30-31/h5-15,17H,16H2,1-4H3,(H,27,32). The van der Waals surface area contributed by atoms with E-state index in [1.54, 1.807) is 67.1 Å². The number of ether oxygens (including phenoxy) is 1. The summed E-state index contributed by atoms with van der Waals surface area (Å²) in [7, 11) is -3.34. The largest absolute Gasteiger partial charge is 0.438 e. The van der Waals surface area contributed by atoms with Gasteiger partial charge in [0.25, 0.3) is 0 Å². The highest BCUT2D eigenvalue weighted by molar-refractivity contribution is 7.92. The van der Waals surface area contributed by atoms with E-state index in [4.69, 9.17) is 4.74 Å². The van der Waals surface area contributed by atoms with Crippen molar-refractivity contribution < 1.29 is 17.9 Å². The number of sulfone groups is 1. The Balaban J connectivity index is 1.33. The molecule has 2 heterocycles. The number of amides is 1. The molecule has 4 aromatic rings. The molecule has 0 aliphatic rings. The molecule has 10 heteroatoms. The van der Waals surface area contributed by atoms with Gasteiger partial charge in [0.05, 0.1) is 22.3 Å². The fourth-order valence-electron chi connectivity index (χ4n) is 3.53. The third kappa shape index (κ3) is 5.77. The summed E-state index contributed by atoms with van der Waals surface area (Å²) in [6, 6.07) is 18.7. The normalized spacial score (nSPS) is 11.5. The highest BCUT2D eigenvalue weighted by Gasteiger charge is 2.19. The number of hydrogen-bond donors (Lipinski definition) is 1. The number of rotatable bonds is 8. The van der Waals surface area contributed by atoms with E-state index in [0.29, 0.717) is 23.1 Å². The van der Waals surface area contributed by atoms with Crippen LogP contribution in [0.3, 0.4) is 0 Å². The Morgan fingerprint density at radius 2 is 1.67 bits per heavy atom. The smallest absolute Gasteiger partial charge is 0.238 e. The number of carbonyl (C=O) groups is 1. The van der Waals surface area contributed by atoms with Gasteiger partial charge in [-0.25, -0.2) is 13.1 Å². The van der Waals surface area contributed by atoms with Crippen LogP contribution in [-0.2, 0) is 21.1 Å². The quantitative estimate of drug-likeness (QED) is 0.376. The number of nitrogens with one attached hydrogen (secondary N) is 1. The number of hydrogen-bond acceptors (Lipinski definition) is 7. The SMILES string of the molecule is Cc1cc(C)n(-c2ccc(Oc3ccc(NC(=O)Cc4ccc(S(=O)(=O)C(C)C)cc4)cc3)nn2)n1. The lowest BCUT2D eigenvalue weighted by Gasteiger charge is -2.10. The van der Waals surface area contributed by atoms with Gasteiger partial charge in [-0.05, 0) is 81.8 Å². The first-order valence-electron chi connectivity index (χ1n) is 11.4. The molecule has 0 bridgehead atoms. The molecule has 0 saturated carbocycles. The van der Waals surface area contributed by atoms with E-state index in [0.717, 1.165) is 17.0 Å². The maximum atomic E-state index is 12.4. The predicted octanol–water partition coefficient (Wildman–Crippen LogP) is 4.43. The van der Waals surface area contributed by atoms with Crippen molar-refractivity contribution >= 4 is 21.4 Å². The van der Waals surface area contributed by atoms with E-state index < -0.39 is 15.1 Å². The van der Waals surface area contributed by atoms with Gasteiger partial charge in [-0.2, -0.15) is 5.10 Å². The van der Waals surface area contributed by atoms with Crippen LogP contribution in [0.15, 0.2) is 71.6 Å². The van der Waals surface area contributed by atoms with Crippen molar-refractivity contribution in [2.45, 2.75) is 44.3 Å². The zero-order valence-electron chi connectivity index (χ0n) is 20.5. The number of aromatic nitrogens is 4. The maximum absolute atomic E-state index is 12.4. The molecule has 0 saturated heterocycles. The van der Waals surface area contributed by atoms with Crippen molar-refractivity contribution in [3.8, 4) is 17.4 Å². The second-order valence-corrected chi connectivity index (χ2v) is 11.2. The van der Waals surface area contributed by atoms with Gasteiger partial charge in [0.15, 0.2) is 15.7 Å². The molecule has 2 aromatic heterocycles. The molecule has 0 aliphatic heterocycles. The highest BCUT2D eigenvalue weighted by atomic mass is 32.2. The lowest BCUT2D eigenvalue weighted by Crippen LogP contribution is -2.15. The van der Waals surface area contributed by atoms with Gasteiger partial charge in [-0.3, -0.25) is 4.79 Å². The molecular weight excluding hydrogens is 478 g/mol. The van der Waals surface area contributed by atoms with Crippen molar-refractivity contribution in [1.29, 1.82) is 0 Å². The first kappa shape index (κ1) is 25.1. The Labute approximate surface area is 210 Å². The third-order valence-electron chi connectivity index (χ3n) is 5.45. The number of benzene rings is 2. The number of aryl methyl sites for hydroxylation is 2. The lowest BCUT2D eigenvalue weighted by atomic mass is 10.1. The average Bonchev–Trinajstić information content (AvgIpc) is 3.18. The molecule has 1 N–H and O–H groups in total. The lowest BCUT2D eigenvalue weighted by molar-refractivity contribution is -0.115. The highest BCUT2D eigenvalue weighted by Crippen LogP contribution is 2.22. The minimum Gasteiger partial charge on any atom is -0.438 e. The second kappa shape index (κ2) is 10.3. The fraction of sp³-hybridized carbons (Fsp3) is 0.231. The van der Waals surface area contributed by atoms with E-state index in [9.17, 15) is 13.2 Å². The Morgan fingerprint density at radius 1 is 0.972 bits per heavy atom. The molecule has 0 spiro atoms. The molecular formula is C26H27N5O4S. The van der Waals surface area contributed by atoms with Gasteiger partial charge in [0.1, 0.15) is 5.75 Å². The van der Waals surface area contributed by atoms with Gasteiger partial charge in [-0.15, -0.1) is 10.2 Å². The number of carbonyl (C=O) groups excluding carboxylic acids is 1. The van der Waals surface area contributed by atoms with Crippen LogP contribution in [0.1, 0.15) is 30.8 Å². The van der Waals surface area contributed by atoms with E-state index in [2.05, 4.69) is 20.6 Å². The Hall–Kier alpha value is -4.05. The first-order valence-corrected chi connectivity index (χ1v) is 12.9. The Kier molecular flexibility index (Phi) is 7.16. The summed E-state index contributed by atoms with van der Waals surface area (Å²) in [5.74, 6) is 1.26. The van der Waals surface area contributed by atoms with Gasteiger partial charge < -0.3 is 10.1 Å². The van der Waals surface area contributed by atoms with E-state index >= 15 is 0 Å². The fourth-order valence-corrected chi connectivity index (χ4v) is 4.59. The Bertz CT molecular complexity index is 1460. The molecule has 0 aliphatic carbocycles. The minimum absolute atomic E-state index is 0.122. The van der Waals surface area contributed by atoms with Crippen LogP contribution < -0.4 is 10.1 Å². The summed E-state index contributed by atoms with van der Waals surface area (Å²) in [6.45, 7) is 7.14. The van der Waals surface area contributed by atoms with Crippen LogP contribution in [0.5, 0.6) is 11.6 Å². The summed E-state index contributed by atoms with van der Waals surface area (Å²) >= 11 is 0. The van der Waals surface area contributed by atoms with Crippen LogP contribution in [0.25, 0.3) is 5.82 Å². The minimum atomic E-state index is -3.34. The molecule has 0 radical (unpaired) electrons. The molecule has 2 aromatic carbocycles. The van der Waals surface area contributed by atoms with E-state index in [1.165, 1.54) is 12.1 Å². The van der Waals surface area contributed by atoms with Crippen molar-refractivity contribution in [2.24, 2.45) is 0 Å². The summed E-state index contributed by atoms with van der Waals surface area (Å²) in [5, 5.41) is 15.0. The van der Waals surface area contributed by atoms with Gasteiger partial charge >= 0.3 is 0 Å². The molecule has 9 nitrogen and oxygen atoms in total. The average molecular weight is 506 g/mol. The van der Waals surface area contributed by atoms with Gasteiger partial charge in [-0.1, -0.05) is 12.1 Å². The van der Waals surface area contributed by atoms with Crippen molar-refractivity contribution in [3.05, 3.63) is 83.7 Å². The number of nitrogens with zero attached hydrogens (tertiary/aromatic N) is 4. The summed E-state index contributed by atoms with van der Waals surface area (Å²) < 4.78 is 31.9. The van der Waals surface area contributed by atoms with Crippen LogP contribution in [0.2, 0.25) is 0 Å². The summed E-state index contributed by atoms with van der Waals surface area (Å²) in [6.07, 6.45) is 0.122. The summed E-state index contributed by atoms with van der Waals surface area (Å²) in [4.78, 5) is 12.7. The molecule has 36 heavy (non-hydrogen) atoms. The van der Waals surface area contributed by atoms with Crippen LogP contribution in [0.4, 0.5) is 5.69 Å². The van der Waals surface area contributed by atoms with E-state index in [1.807, 2.05) is 19.9 Å². The molecule has 0 fully saturated rings. The number of anilines is 1. The molecule has 0 unspecified atom stereocenters. The molecule has 186 valence electrons. The molecule has 1 amide bonds. The first-order chi connectivity index (χ1) is 17.1. The zero-order chi connectivity index (χ0) is 25.9. The topological polar surface area (TPSA) is 116 Å². The van der Waals surface area contributed by atoms with Crippen LogP contribution >= 0.6 is 0 Å². The molecule has 4 rings (SSSR count).